The number of carbonyl (C=O) groups excluding carboxylic acids is 1. The maximum atomic E-state index is 10.7. The molecule has 1 rings (SSSR count). The Balaban J connectivity index is 0.00000106. The third-order valence-electron chi connectivity index (χ3n) is 1.95. The Bertz CT molecular complexity index is 301. The molecule has 0 aromatic carbocycles. The summed E-state index contributed by atoms with van der Waals surface area (Å²) >= 11 is 0. The Morgan fingerprint density at radius 3 is 2.69 bits per heavy atom. The molecule has 0 unspecified atom stereocenters. The molecule has 0 radical (unpaired) electrons. The van der Waals surface area contributed by atoms with Gasteiger partial charge >= 0.3 is 0 Å². The fourth-order valence-corrected chi connectivity index (χ4v) is 1.16. The van der Waals surface area contributed by atoms with Crippen LogP contribution in [0.3, 0.4) is 0 Å². The summed E-state index contributed by atoms with van der Waals surface area (Å²) in [6.07, 6.45) is 8.69. The molecule has 0 aromatic heterocycles. The van der Waals surface area contributed by atoms with Crippen LogP contribution in [0.25, 0.3) is 0 Å². The zero-order chi connectivity index (χ0) is 12.4. The average Bonchev–Trinajstić information content (AvgIpc) is 2.54. The summed E-state index contributed by atoms with van der Waals surface area (Å²) in [5, 5.41) is 2.76. The molecular weight excluding hydrogens is 202 g/mol. The lowest BCUT2D eigenvalue weighted by atomic mass is 10.2. The molecule has 0 bridgehead atoms. The Labute approximate surface area is 97.9 Å². The van der Waals surface area contributed by atoms with E-state index < -0.39 is 0 Å². The van der Waals surface area contributed by atoms with Crippen molar-refractivity contribution in [1.29, 1.82) is 0 Å². The lowest BCUT2D eigenvalue weighted by Crippen LogP contribution is -2.22. The number of hydrogen-bond donors (Lipinski definition) is 1. The average molecular weight is 223 g/mol. The molecule has 1 aliphatic carbocycles. The minimum absolute atomic E-state index is 0.00456. The Morgan fingerprint density at radius 1 is 1.44 bits per heavy atom. The lowest BCUT2D eigenvalue weighted by Gasteiger charge is -2.03. The topological polar surface area (TPSA) is 38.3 Å². The van der Waals surface area contributed by atoms with E-state index in [1.807, 2.05) is 38.2 Å². The van der Waals surface area contributed by atoms with Crippen LogP contribution in [0.4, 0.5) is 0 Å². The van der Waals surface area contributed by atoms with Gasteiger partial charge in [0.25, 0.3) is 0 Å². The molecule has 1 amide bonds. The summed E-state index contributed by atoms with van der Waals surface area (Å²) in [5.74, 6) is 0.831. The molecule has 0 atom stereocenters. The van der Waals surface area contributed by atoms with E-state index >= 15 is 0 Å². The first kappa shape index (κ1) is 14.5. The van der Waals surface area contributed by atoms with Crippen LogP contribution in [0.1, 0.15) is 27.2 Å². The van der Waals surface area contributed by atoms with Crippen LogP contribution >= 0.6 is 0 Å². The van der Waals surface area contributed by atoms with Crippen molar-refractivity contribution in [2.75, 3.05) is 13.7 Å². The highest BCUT2D eigenvalue weighted by Crippen LogP contribution is 2.10. The molecule has 3 heteroatoms. The van der Waals surface area contributed by atoms with Gasteiger partial charge in [-0.05, 0) is 24.1 Å². The highest BCUT2D eigenvalue weighted by Gasteiger charge is 2.00. The highest BCUT2D eigenvalue weighted by molar-refractivity contribution is 5.73. The standard InChI is InChI=1S/C11H15NO2.C2H6/c1-9(13)12-8-10-4-3-5-11(14-2)7-6-10;1-2/h3,5-7H,4,8H2,1-2H3,(H,12,13);1-2H3. The van der Waals surface area contributed by atoms with Gasteiger partial charge in [0.05, 0.1) is 7.11 Å². The number of nitrogens with one attached hydrogen (secondary N) is 1. The second-order valence-electron chi connectivity index (χ2n) is 3.11. The summed E-state index contributed by atoms with van der Waals surface area (Å²) < 4.78 is 5.09. The molecular formula is C13H21NO2. The van der Waals surface area contributed by atoms with Crippen molar-refractivity contribution >= 4 is 5.91 Å². The van der Waals surface area contributed by atoms with Gasteiger partial charge in [-0.25, -0.2) is 0 Å². The molecule has 0 saturated heterocycles. The van der Waals surface area contributed by atoms with Crippen molar-refractivity contribution in [3.8, 4) is 0 Å². The van der Waals surface area contributed by atoms with Crippen molar-refractivity contribution < 1.29 is 9.53 Å². The van der Waals surface area contributed by atoms with Gasteiger partial charge in [0.2, 0.25) is 5.91 Å². The van der Waals surface area contributed by atoms with Crippen molar-refractivity contribution in [3.05, 3.63) is 35.6 Å². The number of rotatable bonds is 3. The predicted octanol–water partition coefficient (Wildman–Crippen LogP) is 2.57. The third kappa shape index (κ3) is 6.06. The van der Waals surface area contributed by atoms with Gasteiger partial charge in [-0.15, -0.1) is 0 Å². The first-order valence-electron chi connectivity index (χ1n) is 5.57. The quantitative estimate of drug-likeness (QED) is 0.798. The monoisotopic (exact) mass is 223 g/mol. The first-order valence-corrected chi connectivity index (χ1v) is 5.57. The van der Waals surface area contributed by atoms with Crippen LogP contribution in [-0.4, -0.2) is 19.6 Å². The summed E-state index contributed by atoms with van der Waals surface area (Å²) in [5.41, 5.74) is 1.17. The first-order chi connectivity index (χ1) is 7.72. The smallest absolute Gasteiger partial charge is 0.217 e. The largest absolute Gasteiger partial charge is 0.497 e. The van der Waals surface area contributed by atoms with E-state index in [2.05, 4.69) is 5.32 Å². The Kier molecular flexibility index (Phi) is 7.94. The molecule has 1 N–H and O–H groups in total. The molecule has 0 aliphatic heterocycles. The predicted molar refractivity (Wildman–Crippen MR) is 67.0 cm³/mol. The molecule has 1 aliphatic rings. The minimum Gasteiger partial charge on any atom is -0.497 e. The van der Waals surface area contributed by atoms with Crippen LogP contribution in [0.15, 0.2) is 35.6 Å². The Morgan fingerprint density at radius 2 is 2.12 bits per heavy atom. The van der Waals surface area contributed by atoms with Crippen molar-refractivity contribution in [2.24, 2.45) is 0 Å². The van der Waals surface area contributed by atoms with Gasteiger partial charge in [0, 0.05) is 13.5 Å². The number of ether oxygens (including phenoxy) is 1. The van der Waals surface area contributed by atoms with E-state index in [-0.39, 0.29) is 5.91 Å². The van der Waals surface area contributed by atoms with Crippen molar-refractivity contribution in [1.82, 2.24) is 5.32 Å². The molecule has 0 aromatic rings. The summed E-state index contributed by atoms with van der Waals surface area (Å²) in [6, 6.07) is 0. The molecule has 0 heterocycles. The van der Waals surface area contributed by atoms with Crippen LogP contribution < -0.4 is 5.32 Å². The van der Waals surface area contributed by atoms with Crippen LogP contribution in [0.5, 0.6) is 0 Å². The van der Waals surface area contributed by atoms with Gasteiger partial charge in [0.1, 0.15) is 5.76 Å². The SMILES string of the molecule is CC.COC1=CC=C(CNC(C)=O)CC=C1. The van der Waals surface area contributed by atoms with E-state index in [1.165, 1.54) is 12.5 Å². The van der Waals surface area contributed by atoms with E-state index in [9.17, 15) is 4.79 Å². The molecule has 16 heavy (non-hydrogen) atoms. The second kappa shape index (κ2) is 8.77. The van der Waals surface area contributed by atoms with Gasteiger partial charge in [0.15, 0.2) is 0 Å². The zero-order valence-corrected chi connectivity index (χ0v) is 10.5. The van der Waals surface area contributed by atoms with Crippen LogP contribution in [0.2, 0.25) is 0 Å². The molecule has 3 nitrogen and oxygen atoms in total. The maximum absolute atomic E-state index is 10.7. The van der Waals surface area contributed by atoms with Gasteiger partial charge < -0.3 is 10.1 Å². The van der Waals surface area contributed by atoms with Crippen LogP contribution in [-0.2, 0) is 9.53 Å². The van der Waals surface area contributed by atoms with Crippen molar-refractivity contribution in [3.63, 3.8) is 0 Å². The van der Waals surface area contributed by atoms with Crippen molar-refractivity contribution in [2.45, 2.75) is 27.2 Å². The van der Waals surface area contributed by atoms with Gasteiger partial charge in [-0.2, -0.15) is 0 Å². The number of allylic oxidation sites excluding steroid dienone is 4. The van der Waals surface area contributed by atoms with E-state index in [0.717, 1.165) is 12.2 Å². The molecule has 0 fully saturated rings. The fourth-order valence-electron chi connectivity index (χ4n) is 1.16. The van der Waals surface area contributed by atoms with E-state index in [1.54, 1.807) is 7.11 Å². The molecule has 0 spiro atoms. The van der Waals surface area contributed by atoms with Gasteiger partial charge in [-0.3, -0.25) is 4.79 Å². The molecule has 90 valence electrons. The normalized spacial score (nSPS) is 13.8. The maximum Gasteiger partial charge on any atom is 0.217 e. The third-order valence-corrected chi connectivity index (χ3v) is 1.95. The lowest BCUT2D eigenvalue weighted by molar-refractivity contribution is -0.118. The van der Waals surface area contributed by atoms with Gasteiger partial charge in [-0.1, -0.05) is 26.0 Å². The second-order valence-corrected chi connectivity index (χ2v) is 3.11. The van der Waals surface area contributed by atoms with E-state index in [0.29, 0.717) is 6.54 Å². The number of carbonyl (C=O) groups is 1. The molecule has 0 saturated carbocycles. The number of amides is 1. The number of methoxy groups -OCH3 is 1. The van der Waals surface area contributed by atoms with Crippen LogP contribution in [0, 0.1) is 0 Å². The fraction of sp³-hybridized carbons (Fsp3) is 0.462. The summed E-state index contributed by atoms with van der Waals surface area (Å²) in [7, 11) is 1.64. The minimum atomic E-state index is -0.00456. The Hall–Kier alpha value is -1.51. The summed E-state index contributed by atoms with van der Waals surface area (Å²) in [6.45, 7) is 6.12. The van der Waals surface area contributed by atoms with E-state index in [4.69, 9.17) is 4.74 Å². The highest BCUT2D eigenvalue weighted by atomic mass is 16.5. The number of hydrogen-bond acceptors (Lipinski definition) is 2. The zero-order valence-electron chi connectivity index (χ0n) is 10.5. The summed E-state index contributed by atoms with van der Waals surface area (Å²) in [4.78, 5) is 10.7.